The summed E-state index contributed by atoms with van der Waals surface area (Å²) in [6, 6.07) is 11.0. The summed E-state index contributed by atoms with van der Waals surface area (Å²) in [7, 11) is 0. The Morgan fingerprint density at radius 1 is 1.21 bits per heavy atom. The van der Waals surface area contributed by atoms with Crippen LogP contribution in [0.25, 0.3) is 11.3 Å². The molecule has 1 atom stereocenters. The van der Waals surface area contributed by atoms with Gasteiger partial charge in [0.05, 0.1) is 5.69 Å². The molecule has 2 N–H and O–H groups in total. The average Bonchev–Trinajstić information content (AvgIpc) is 2.55. The van der Waals surface area contributed by atoms with E-state index in [2.05, 4.69) is 10.3 Å². The molecule has 0 aliphatic carbocycles. The van der Waals surface area contributed by atoms with Gasteiger partial charge in [0.15, 0.2) is 0 Å². The zero-order valence-corrected chi connectivity index (χ0v) is 14.2. The lowest BCUT2D eigenvalue weighted by atomic mass is 9.94. The summed E-state index contributed by atoms with van der Waals surface area (Å²) in [5, 5.41) is 12.1. The fraction of sp³-hybridized carbons (Fsp3) is 0.316. The Kier molecular flexibility index (Phi) is 5.34. The number of nitrogens with zero attached hydrogens (tertiary/aromatic N) is 1. The zero-order valence-electron chi connectivity index (χ0n) is 14.2. The van der Waals surface area contributed by atoms with Gasteiger partial charge >= 0.3 is 5.97 Å². The number of aliphatic carboxylic acids is 1. The minimum absolute atomic E-state index is 0.368. The van der Waals surface area contributed by atoms with E-state index in [0.29, 0.717) is 18.4 Å². The molecule has 0 saturated carbocycles. The number of amides is 1. The number of rotatable bonds is 6. The third-order valence-corrected chi connectivity index (χ3v) is 4.13. The second kappa shape index (κ2) is 7.25. The van der Waals surface area contributed by atoms with Gasteiger partial charge in [-0.3, -0.25) is 9.78 Å². The van der Waals surface area contributed by atoms with E-state index in [1.807, 2.05) is 38.1 Å². The van der Waals surface area contributed by atoms with Crippen molar-refractivity contribution in [3.05, 3.63) is 53.7 Å². The molecule has 1 amide bonds. The molecule has 1 heterocycles. The number of carbonyl (C=O) groups excluding carboxylic acids is 1. The number of hydrogen-bond acceptors (Lipinski definition) is 3. The largest absolute Gasteiger partial charge is 0.480 e. The van der Waals surface area contributed by atoms with Crippen LogP contribution >= 0.6 is 0 Å². The van der Waals surface area contributed by atoms with Crippen LogP contribution in [0, 0.1) is 6.92 Å². The predicted molar refractivity (Wildman–Crippen MR) is 92.8 cm³/mol. The maximum absolute atomic E-state index is 12.6. The number of carbonyl (C=O) groups is 2. The van der Waals surface area contributed by atoms with Crippen molar-refractivity contribution < 1.29 is 14.7 Å². The van der Waals surface area contributed by atoms with Crippen LogP contribution < -0.4 is 5.32 Å². The van der Waals surface area contributed by atoms with Crippen LogP contribution in [0.5, 0.6) is 0 Å². The first kappa shape index (κ1) is 17.7. The maximum atomic E-state index is 12.6. The highest BCUT2D eigenvalue weighted by molar-refractivity contribution is 6.00. The smallest absolute Gasteiger partial charge is 0.329 e. The van der Waals surface area contributed by atoms with Crippen molar-refractivity contribution in [2.45, 2.75) is 39.2 Å². The third-order valence-electron chi connectivity index (χ3n) is 4.13. The van der Waals surface area contributed by atoms with Crippen molar-refractivity contribution in [1.82, 2.24) is 10.3 Å². The Morgan fingerprint density at radius 3 is 2.54 bits per heavy atom. The highest BCUT2D eigenvalue weighted by Crippen LogP contribution is 2.24. The molecular weight excluding hydrogens is 304 g/mol. The van der Waals surface area contributed by atoms with Gasteiger partial charge < -0.3 is 10.4 Å². The molecule has 0 aliphatic heterocycles. The van der Waals surface area contributed by atoms with Gasteiger partial charge in [-0.25, -0.2) is 4.79 Å². The Bertz CT molecular complexity index is 744. The first-order valence-corrected chi connectivity index (χ1v) is 7.96. The minimum Gasteiger partial charge on any atom is -0.480 e. The van der Waals surface area contributed by atoms with Crippen LogP contribution in [0.4, 0.5) is 0 Å². The summed E-state index contributed by atoms with van der Waals surface area (Å²) < 4.78 is 0. The monoisotopic (exact) mass is 326 g/mol. The molecule has 0 bridgehead atoms. The summed E-state index contributed by atoms with van der Waals surface area (Å²) in [6.45, 7) is 5.27. The van der Waals surface area contributed by atoms with Crippen molar-refractivity contribution >= 4 is 11.9 Å². The first-order chi connectivity index (χ1) is 11.4. The number of carboxylic acid groups (broad SMARTS) is 1. The van der Waals surface area contributed by atoms with Gasteiger partial charge in [-0.1, -0.05) is 31.5 Å². The molecular formula is C19H22N2O3. The van der Waals surface area contributed by atoms with Crippen molar-refractivity contribution in [3.63, 3.8) is 0 Å². The van der Waals surface area contributed by atoms with Crippen LogP contribution in [0.2, 0.25) is 0 Å². The predicted octanol–water partition coefficient (Wildman–Crippen LogP) is 3.43. The molecule has 1 unspecified atom stereocenters. The molecule has 2 aromatic rings. The highest BCUT2D eigenvalue weighted by atomic mass is 16.4. The molecule has 0 aliphatic rings. The quantitative estimate of drug-likeness (QED) is 0.852. The fourth-order valence-corrected chi connectivity index (χ4v) is 2.72. The molecule has 2 rings (SSSR count). The van der Waals surface area contributed by atoms with Crippen LogP contribution in [0.1, 0.15) is 42.6 Å². The number of nitrogens with one attached hydrogen (secondary N) is 1. The Labute approximate surface area is 141 Å². The molecule has 0 saturated heterocycles. The zero-order chi connectivity index (χ0) is 17.7. The van der Waals surface area contributed by atoms with Gasteiger partial charge in [0.25, 0.3) is 5.91 Å². The molecule has 24 heavy (non-hydrogen) atoms. The van der Waals surface area contributed by atoms with Gasteiger partial charge in [-0.2, -0.15) is 0 Å². The molecule has 1 aromatic heterocycles. The van der Waals surface area contributed by atoms with Crippen LogP contribution in [-0.2, 0) is 4.79 Å². The second-order valence-corrected chi connectivity index (χ2v) is 6.03. The first-order valence-electron chi connectivity index (χ1n) is 7.96. The number of carboxylic acids is 1. The maximum Gasteiger partial charge on any atom is 0.329 e. The molecule has 5 heteroatoms. The third kappa shape index (κ3) is 3.62. The van der Waals surface area contributed by atoms with E-state index in [1.54, 1.807) is 18.3 Å². The van der Waals surface area contributed by atoms with E-state index in [9.17, 15) is 14.7 Å². The lowest BCUT2D eigenvalue weighted by Crippen LogP contribution is -2.52. The average molecular weight is 326 g/mol. The Balaban J connectivity index is 2.36. The van der Waals surface area contributed by atoms with Gasteiger partial charge in [0, 0.05) is 17.3 Å². The summed E-state index contributed by atoms with van der Waals surface area (Å²) in [5.74, 6) is -1.42. The topological polar surface area (TPSA) is 79.3 Å². The Morgan fingerprint density at radius 2 is 1.96 bits per heavy atom. The lowest BCUT2D eigenvalue weighted by molar-refractivity contribution is -0.144. The number of aromatic nitrogens is 1. The van der Waals surface area contributed by atoms with Crippen LogP contribution in [-0.4, -0.2) is 27.5 Å². The standard InChI is InChI=1S/C19H22N2O3/c1-4-11-19(3,18(23)24)21-17(22)15-9-7-8-14(13(15)2)16-10-5-6-12-20-16/h5-10,12H,4,11H2,1-3H3,(H,21,22)(H,23,24). The van der Waals surface area contributed by atoms with E-state index in [-0.39, 0.29) is 5.91 Å². The van der Waals surface area contributed by atoms with Crippen LogP contribution in [0.15, 0.2) is 42.6 Å². The number of benzene rings is 1. The van der Waals surface area contributed by atoms with Crippen LogP contribution in [0.3, 0.4) is 0 Å². The minimum atomic E-state index is -1.28. The van der Waals surface area contributed by atoms with Gasteiger partial charge in [0.2, 0.25) is 0 Å². The second-order valence-electron chi connectivity index (χ2n) is 6.03. The van der Waals surface area contributed by atoms with E-state index in [4.69, 9.17) is 0 Å². The Hall–Kier alpha value is -2.69. The van der Waals surface area contributed by atoms with E-state index in [1.165, 1.54) is 6.92 Å². The molecule has 0 fully saturated rings. The lowest BCUT2D eigenvalue weighted by Gasteiger charge is -2.26. The van der Waals surface area contributed by atoms with Gasteiger partial charge in [-0.15, -0.1) is 0 Å². The molecule has 126 valence electrons. The molecule has 1 aromatic carbocycles. The van der Waals surface area contributed by atoms with Crippen molar-refractivity contribution in [2.24, 2.45) is 0 Å². The van der Waals surface area contributed by atoms with E-state index in [0.717, 1.165) is 16.8 Å². The highest BCUT2D eigenvalue weighted by Gasteiger charge is 2.34. The number of hydrogen-bond donors (Lipinski definition) is 2. The van der Waals surface area contributed by atoms with Gasteiger partial charge in [-0.05, 0) is 44.0 Å². The summed E-state index contributed by atoms with van der Waals surface area (Å²) in [4.78, 5) is 28.5. The van der Waals surface area contributed by atoms with Gasteiger partial charge in [0.1, 0.15) is 5.54 Å². The van der Waals surface area contributed by atoms with Crippen molar-refractivity contribution in [3.8, 4) is 11.3 Å². The molecule has 0 spiro atoms. The SMILES string of the molecule is CCCC(C)(NC(=O)c1cccc(-c2ccccn2)c1C)C(=O)O. The summed E-state index contributed by atoms with van der Waals surface area (Å²) in [5.41, 5.74) is 1.59. The molecule has 0 radical (unpaired) electrons. The van der Waals surface area contributed by atoms with E-state index >= 15 is 0 Å². The normalized spacial score (nSPS) is 13.1. The van der Waals surface area contributed by atoms with Crippen molar-refractivity contribution in [1.29, 1.82) is 0 Å². The fourth-order valence-electron chi connectivity index (χ4n) is 2.72. The number of pyridine rings is 1. The summed E-state index contributed by atoms with van der Waals surface area (Å²) in [6.07, 6.45) is 2.73. The molecule has 5 nitrogen and oxygen atoms in total. The van der Waals surface area contributed by atoms with Crippen molar-refractivity contribution in [2.75, 3.05) is 0 Å². The van der Waals surface area contributed by atoms with E-state index < -0.39 is 11.5 Å². The summed E-state index contributed by atoms with van der Waals surface area (Å²) >= 11 is 0.